The molecule has 1 aliphatic heterocycles. The number of aromatic nitrogens is 2. The molecule has 116 valence electrons. The van der Waals surface area contributed by atoms with E-state index in [0.29, 0.717) is 5.25 Å². The lowest BCUT2D eigenvalue weighted by Crippen LogP contribution is -2.42. The van der Waals surface area contributed by atoms with E-state index in [9.17, 15) is 4.79 Å². The van der Waals surface area contributed by atoms with Gasteiger partial charge < -0.3 is 9.64 Å². The molecule has 0 bridgehead atoms. The van der Waals surface area contributed by atoms with Crippen LogP contribution in [-0.4, -0.2) is 44.9 Å². The molecule has 0 aromatic carbocycles. The van der Waals surface area contributed by atoms with Crippen LogP contribution in [0.5, 0.6) is 0 Å². The summed E-state index contributed by atoms with van der Waals surface area (Å²) in [5.74, 6) is 0. The summed E-state index contributed by atoms with van der Waals surface area (Å²) in [7, 11) is 0. The van der Waals surface area contributed by atoms with Crippen molar-refractivity contribution in [1.82, 2.24) is 14.9 Å². The number of nitrogens with zero attached hydrogens (tertiary/aromatic N) is 3. The molecule has 1 amide bonds. The molecule has 2 heterocycles. The molecule has 6 heteroatoms. The molecule has 0 radical (unpaired) electrons. The van der Waals surface area contributed by atoms with Crippen LogP contribution in [0.1, 0.15) is 39.3 Å². The van der Waals surface area contributed by atoms with Gasteiger partial charge in [0.05, 0.1) is 5.69 Å². The van der Waals surface area contributed by atoms with Gasteiger partial charge >= 0.3 is 6.09 Å². The summed E-state index contributed by atoms with van der Waals surface area (Å²) in [4.78, 5) is 22.4. The van der Waals surface area contributed by atoms with E-state index < -0.39 is 5.60 Å². The SMILES string of the molecule is Cc1nccnc1SC1CCN(C(=O)OC(C)(C)C)CC1. The van der Waals surface area contributed by atoms with E-state index in [1.807, 2.05) is 27.7 Å². The lowest BCUT2D eigenvalue weighted by atomic mass is 10.1. The fourth-order valence-corrected chi connectivity index (χ4v) is 3.26. The number of hydrogen-bond donors (Lipinski definition) is 0. The third kappa shape index (κ3) is 4.88. The molecular weight excluding hydrogens is 286 g/mol. The number of amides is 1. The molecule has 5 nitrogen and oxygen atoms in total. The molecule has 1 aromatic heterocycles. The normalized spacial score (nSPS) is 16.9. The Morgan fingerprint density at radius 3 is 2.48 bits per heavy atom. The quantitative estimate of drug-likeness (QED) is 0.839. The average Bonchev–Trinajstić information content (AvgIpc) is 2.40. The van der Waals surface area contributed by atoms with Crippen molar-refractivity contribution in [3.63, 3.8) is 0 Å². The zero-order valence-electron chi connectivity index (χ0n) is 13.1. The molecule has 1 saturated heterocycles. The summed E-state index contributed by atoms with van der Waals surface area (Å²) in [6.45, 7) is 9.14. The smallest absolute Gasteiger partial charge is 0.410 e. The molecule has 2 rings (SSSR count). The first kappa shape index (κ1) is 16.1. The van der Waals surface area contributed by atoms with Gasteiger partial charge in [-0.1, -0.05) is 0 Å². The molecule has 0 N–H and O–H groups in total. The van der Waals surface area contributed by atoms with Gasteiger partial charge in [0.15, 0.2) is 0 Å². The van der Waals surface area contributed by atoms with Gasteiger partial charge in [-0.15, -0.1) is 11.8 Å². The molecule has 0 spiro atoms. The highest BCUT2D eigenvalue weighted by atomic mass is 32.2. The van der Waals surface area contributed by atoms with Gasteiger partial charge in [0.1, 0.15) is 10.6 Å². The highest BCUT2D eigenvalue weighted by Crippen LogP contribution is 2.30. The van der Waals surface area contributed by atoms with E-state index in [1.165, 1.54) is 0 Å². The minimum absolute atomic E-state index is 0.207. The summed E-state index contributed by atoms with van der Waals surface area (Å²) in [6, 6.07) is 0. The summed E-state index contributed by atoms with van der Waals surface area (Å²) in [5, 5.41) is 1.48. The lowest BCUT2D eigenvalue weighted by molar-refractivity contribution is 0.0219. The molecule has 0 unspecified atom stereocenters. The zero-order valence-corrected chi connectivity index (χ0v) is 13.9. The van der Waals surface area contributed by atoms with E-state index >= 15 is 0 Å². The number of aryl methyl sites for hydroxylation is 1. The van der Waals surface area contributed by atoms with Gasteiger partial charge in [-0.25, -0.2) is 9.78 Å². The van der Waals surface area contributed by atoms with Crippen molar-refractivity contribution in [2.45, 2.75) is 56.4 Å². The Bertz CT molecular complexity index is 494. The van der Waals surface area contributed by atoms with E-state index in [1.54, 1.807) is 29.1 Å². The molecule has 1 fully saturated rings. The number of thioether (sulfide) groups is 1. The Kier molecular flexibility index (Phi) is 5.08. The maximum Gasteiger partial charge on any atom is 0.410 e. The van der Waals surface area contributed by atoms with Crippen LogP contribution in [0.4, 0.5) is 4.79 Å². The second kappa shape index (κ2) is 6.64. The lowest BCUT2D eigenvalue weighted by Gasteiger charge is -2.33. The van der Waals surface area contributed by atoms with Crippen LogP contribution in [0.2, 0.25) is 0 Å². The van der Waals surface area contributed by atoms with Crippen LogP contribution in [0, 0.1) is 6.92 Å². The minimum atomic E-state index is -0.431. The third-order valence-corrected chi connectivity index (χ3v) is 4.64. The Morgan fingerprint density at radius 1 is 1.29 bits per heavy atom. The number of likely N-dealkylation sites (tertiary alicyclic amines) is 1. The van der Waals surface area contributed by atoms with Crippen LogP contribution in [0.3, 0.4) is 0 Å². The van der Waals surface area contributed by atoms with Gasteiger partial charge in [0.25, 0.3) is 0 Å². The van der Waals surface area contributed by atoms with Crippen molar-refractivity contribution < 1.29 is 9.53 Å². The first-order valence-corrected chi connectivity index (χ1v) is 8.15. The maximum absolute atomic E-state index is 12.0. The number of carbonyl (C=O) groups is 1. The largest absolute Gasteiger partial charge is 0.444 e. The highest BCUT2D eigenvalue weighted by Gasteiger charge is 2.27. The van der Waals surface area contributed by atoms with E-state index in [2.05, 4.69) is 9.97 Å². The molecule has 21 heavy (non-hydrogen) atoms. The first-order chi connectivity index (χ1) is 9.85. The van der Waals surface area contributed by atoms with Crippen LogP contribution in [0.15, 0.2) is 17.4 Å². The van der Waals surface area contributed by atoms with Crippen molar-refractivity contribution in [2.24, 2.45) is 0 Å². The monoisotopic (exact) mass is 309 g/mol. The highest BCUT2D eigenvalue weighted by molar-refractivity contribution is 7.99. The molecule has 1 aromatic rings. The number of piperidine rings is 1. The van der Waals surface area contributed by atoms with E-state index in [4.69, 9.17) is 4.74 Å². The molecule has 0 saturated carbocycles. The standard InChI is InChI=1S/C15H23N3O2S/c1-11-13(17-8-7-16-11)21-12-5-9-18(10-6-12)14(19)20-15(2,3)4/h7-8,12H,5-6,9-10H2,1-4H3. The zero-order chi connectivity index (χ0) is 15.5. The molecule has 0 atom stereocenters. The predicted octanol–water partition coefficient (Wildman–Crippen LogP) is 3.28. The van der Waals surface area contributed by atoms with E-state index in [-0.39, 0.29) is 6.09 Å². The van der Waals surface area contributed by atoms with Crippen LogP contribution >= 0.6 is 11.8 Å². The molecule has 0 aliphatic carbocycles. The number of carbonyl (C=O) groups excluding carboxylic acids is 1. The Morgan fingerprint density at radius 2 is 1.90 bits per heavy atom. The summed E-state index contributed by atoms with van der Waals surface area (Å²) < 4.78 is 5.41. The van der Waals surface area contributed by atoms with Crippen LogP contribution < -0.4 is 0 Å². The van der Waals surface area contributed by atoms with Crippen LogP contribution in [0.25, 0.3) is 0 Å². The van der Waals surface area contributed by atoms with Crippen molar-refractivity contribution in [3.05, 3.63) is 18.1 Å². The summed E-state index contributed by atoms with van der Waals surface area (Å²) >= 11 is 1.77. The van der Waals surface area contributed by atoms with E-state index in [0.717, 1.165) is 36.7 Å². The van der Waals surface area contributed by atoms with Crippen molar-refractivity contribution in [2.75, 3.05) is 13.1 Å². The predicted molar refractivity (Wildman–Crippen MR) is 83.5 cm³/mol. The van der Waals surface area contributed by atoms with Gasteiger partial charge in [0, 0.05) is 30.7 Å². The second-order valence-corrected chi connectivity index (χ2v) is 7.52. The van der Waals surface area contributed by atoms with Gasteiger partial charge in [-0.05, 0) is 40.5 Å². The third-order valence-electron chi connectivity index (χ3n) is 3.21. The van der Waals surface area contributed by atoms with Gasteiger partial charge in [0.2, 0.25) is 0 Å². The second-order valence-electron chi connectivity index (χ2n) is 6.23. The number of hydrogen-bond acceptors (Lipinski definition) is 5. The Labute approximate surface area is 130 Å². The minimum Gasteiger partial charge on any atom is -0.444 e. The fraction of sp³-hybridized carbons (Fsp3) is 0.667. The summed E-state index contributed by atoms with van der Waals surface area (Å²) in [5.41, 5.74) is 0.538. The van der Waals surface area contributed by atoms with Gasteiger partial charge in [-0.2, -0.15) is 0 Å². The molecular formula is C15H23N3O2S. The Balaban J connectivity index is 1.83. The average molecular weight is 309 g/mol. The van der Waals surface area contributed by atoms with Crippen molar-refractivity contribution >= 4 is 17.9 Å². The fourth-order valence-electron chi connectivity index (χ4n) is 2.15. The number of ether oxygens (including phenoxy) is 1. The van der Waals surface area contributed by atoms with Crippen molar-refractivity contribution in [3.8, 4) is 0 Å². The van der Waals surface area contributed by atoms with Crippen LogP contribution in [-0.2, 0) is 4.74 Å². The first-order valence-electron chi connectivity index (χ1n) is 7.27. The number of rotatable bonds is 2. The topological polar surface area (TPSA) is 55.3 Å². The Hall–Kier alpha value is -1.30. The van der Waals surface area contributed by atoms with Crippen molar-refractivity contribution in [1.29, 1.82) is 0 Å². The maximum atomic E-state index is 12.0. The van der Waals surface area contributed by atoms with Gasteiger partial charge in [-0.3, -0.25) is 4.98 Å². The summed E-state index contributed by atoms with van der Waals surface area (Å²) in [6.07, 6.45) is 5.15. The molecule has 1 aliphatic rings.